The summed E-state index contributed by atoms with van der Waals surface area (Å²) in [5.74, 6) is 0.853. The minimum Gasteiger partial charge on any atom is -0.496 e. The van der Waals surface area contributed by atoms with Gasteiger partial charge in [-0.2, -0.15) is 0 Å². The molecule has 1 aromatic heterocycles. The molecular formula is C13H15Br2N3O. The van der Waals surface area contributed by atoms with Crippen LogP contribution in [-0.4, -0.2) is 22.1 Å². The molecule has 2 aromatic rings. The second-order valence-electron chi connectivity index (χ2n) is 4.17. The largest absolute Gasteiger partial charge is 0.496 e. The molecule has 1 heterocycles. The molecule has 0 aliphatic heterocycles. The number of halogens is 2. The van der Waals surface area contributed by atoms with Crippen molar-refractivity contribution in [2.24, 2.45) is 0 Å². The maximum atomic E-state index is 5.36. The number of alkyl halides is 1. The number of hydrogen-bond donors (Lipinski definition) is 0. The molecule has 102 valence electrons. The molecule has 2 rings (SSSR count). The second kappa shape index (κ2) is 6.52. The molecule has 6 heteroatoms. The van der Waals surface area contributed by atoms with Crippen molar-refractivity contribution in [3.63, 3.8) is 0 Å². The van der Waals surface area contributed by atoms with E-state index in [2.05, 4.69) is 49.1 Å². The van der Waals surface area contributed by atoms with E-state index in [1.807, 2.05) is 29.1 Å². The standard InChI is InChI=1S/C13H15Br2N3O/c1-3-11(15)12-8-18(17-16-12)7-9-6-10(14)4-5-13(9)19-2/h4-6,8,11H,3,7H2,1-2H3. The van der Waals surface area contributed by atoms with Crippen molar-refractivity contribution in [2.45, 2.75) is 24.7 Å². The number of benzene rings is 1. The Morgan fingerprint density at radius 1 is 1.42 bits per heavy atom. The quantitative estimate of drug-likeness (QED) is 0.728. The smallest absolute Gasteiger partial charge is 0.124 e. The average molecular weight is 389 g/mol. The number of hydrogen-bond acceptors (Lipinski definition) is 3. The summed E-state index contributed by atoms with van der Waals surface area (Å²) in [7, 11) is 1.67. The highest BCUT2D eigenvalue weighted by molar-refractivity contribution is 9.10. The third-order valence-corrected chi connectivity index (χ3v) is 4.42. The summed E-state index contributed by atoms with van der Waals surface area (Å²) in [6, 6.07) is 5.93. The van der Waals surface area contributed by atoms with Crippen LogP contribution < -0.4 is 4.74 Å². The second-order valence-corrected chi connectivity index (χ2v) is 6.19. The molecule has 0 bridgehead atoms. The van der Waals surface area contributed by atoms with Crippen molar-refractivity contribution in [1.82, 2.24) is 15.0 Å². The molecule has 0 radical (unpaired) electrons. The van der Waals surface area contributed by atoms with Gasteiger partial charge in [0.15, 0.2) is 0 Å². The fraction of sp³-hybridized carbons (Fsp3) is 0.385. The van der Waals surface area contributed by atoms with Crippen LogP contribution in [0.4, 0.5) is 0 Å². The summed E-state index contributed by atoms with van der Waals surface area (Å²) in [6.07, 6.45) is 2.95. The molecule has 0 spiro atoms. The third kappa shape index (κ3) is 3.57. The van der Waals surface area contributed by atoms with Crippen LogP contribution in [0.3, 0.4) is 0 Å². The van der Waals surface area contributed by atoms with Gasteiger partial charge in [-0.05, 0) is 24.6 Å². The summed E-state index contributed by atoms with van der Waals surface area (Å²) in [5, 5.41) is 8.33. The van der Waals surface area contributed by atoms with E-state index in [1.165, 1.54) is 0 Å². The predicted molar refractivity (Wildman–Crippen MR) is 81.8 cm³/mol. The van der Waals surface area contributed by atoms with Crippen molar-refractivity contribution in [3.8, 4) is 5.75 Å². The Bertz CT molecular complexity index is 557. The van der Waals surface area contributed by atoms with E-state index in [9.17, 15) is 0 Å². The van der Waals surface area contributed by atoms with Crippen LogP contribution in [-0.2, 0) is 6.54 Å². The first kappa shape index (κ1) is 14.5. The van der Waals surface area contributed by atoms with Crippen LogP contribution >= 0.6 is 31.9 Å². The zero-order chi connectivity index (χ0) is 13.8. The van der Waals surface area contributed by atoms with Gasteiger partial charge < -0.3 is 4.74 Å². The highest BCUT2D eigenvalue weighted by Gasteiger charge is 2.11. The molecule has 1 unspecified atom stereocenters. The van der Waals surface area contributed by atoms with Gasteiger partial charge in [0.05, 0.1) is 24.2 Å². The van der Waals surface area contributed by atoms with Gasteiger partial charge in [-0.15, -0.1) is 5.10 Å². The first-order valence-electron chi connectivity index (χ1n) is 6.00. The van der Waals surface area contributed by atoms with Crippen LogP contribution in [0.5, 0.6) is 5.75 Å². The lowest BCUT2D eigenvalue weighted by molar-refractivity contribution is 0.407. The first-order chi connectivity index (χ1) is 9.13. The Labute approximate surface area is 129 Å². The number of nitrogens with zero attached hydrogens (tertiary/aromatic N) is 3. The highest BCUT2D eigenvalue weighted by atomic mass is 79.9. The fourth-order valence-electron chi connectivity index (χ4n) is 1.79. The minimum atomic E-state index is 0.255. The normalized spacial score (nSPS) is 12.4. The molecule has 0 amide bonds. The topological polar surface area (TPSA) is 39.9 Å². The fourth-order valence-corrected chi connectivity index (χ4v) is 2.41. The molecule has 0 aliphatic carbocycles. The molecule has 0 saturated heterocycles. The van der Waals surface area contributed by atoms with E-state index in [1.54, 1.807) is 7.11 Å². The Kier molecular flexibility index (Phi) is 4.99. The third-order valence-electron chi connectivity index (χ3n) is 2.81. The zero-order valence-electron chi connectivity index (χ0n) is 10.8. The van der Waals surface area contributed by atoms with Crippen molar-refractivity contribution in [3.05, 3.63) is 40.1 Å². The summed E-state index contributed by atoms with van der Waals surface area (Å²) >= 11 is 7.05. The number of ether oxygens (including phenoxy) is 1. The lowest BCUT2D eigenvalue weighted by Gasteiger charge is -2.08. The summed E-state index contributed by atoms with van der Waals surface area (Å²) in [4.78, 5) is 0.255. The van der Waals surface area contributed by atoms with Crippen molar-refractivity contribution in [1.29, 1.82) is 0 Å². The van der Waals surface area contributed by atoms with Gasteiger partial charge in [0.2, 0.25) is 0 Å². The van der Waals surface area contributed by atoms with E-state index in [0.29, 0.717) is 6.54 Å². The lowest BCUT2D eigenvalue weighted by atomic mass is 10.2. The molecule has 0 fully saturated rings. The summed E-state index contributed by atoms with van der Waals surface area (Å²) in [5.41, 5.74) is 2.02. The SMILES string of the molecule is CCC(Br)c1cn(Cc2cc(Br)ccc2OC)nn1. The van der Waals surface area contributed by atoms with Crippen LogP contribution in [0.2, 0.25) is 0 Å². The van der Waals surface area contributed by atoms with Gasteiger partial charge in [-0.25, -0.2) is 4.68 Å². The van der Waals surface area contributed by atoms with E-state index < -0.39 is 0 Å². The minimum absolute atomic E-state index is 0.255. The van der Waals surface area contributed by atoms with Gasteiger partial charge in [0, 0.05) is 16.2 Å². The molecule has 1 aromatic carbocycles. The van der Waals surface area contributed by atoms with Gasteiger partial charge in [0.1, 0.15) is 5.75 Å². The van der Waals surface area contributed by atoms with Gasteiger partial charge in [-0.3, -0.25) is 0 Å². The van der Waals surface area contributed by atoms with Gasteiger partial charge in [0.25, 0.3) is 0 Å². The van der Waals surface area contributed by atoms with Crippen molar-refractivity contribution >= 4 is 31.9 Å². The van der Waals surface area contributed by atoms with Crippen LogP contribution in [0, 0.1) is 0 Å². The predicted octanol–water partition coefficient (Wildman–Crippen LogP) is 3.94. The molecule has 4 nitrogen and oxygen atoms in total. The lowest BCUT2D eigenvalue weighted by Crippen LogP contribution is -2.02. The Morgan fingerprint density at radius 2 is 2.21 bits per heavy atom. The molecule has 0 N–H and O–H groups in total. The number of methoxy groups -OCH3 is 1. The molecule has 1 atom stereocenters. The van der Waals surface area contributed by atoms with E-state index in [4.69, 9.17) is 4.74 Å². The summed E-state index contributed by atoms with van der Waals surface area (Å²) in [6.45, 7) is 2.74. The first-order valence-corrected chi connectivity index (χ1v) is 7.71. The number of rotatable bonds is 5. The number of aromatic nitrogens is 3. The molecule has 0 aliphatic rings. The highest BCUT2D eigenvalue weighted by Crippen LogP contribution is 2.26. The maximum Gasteiger partial charge on any atom is 0.124 e. The van der Waals surface area contributed by atoms with E-state index in [-0.39, 0.29) is 4.83 Å². The van der Waals surface area contributed by atoms with E-state index >= 15 is 0 Å². The monoisotopic (exact) mass is 387 g/mol. The molecule has 0 saturated carbocycles. The van der Waals surface area contributed by atoms with Crippen LogP contribution in [0.25, 0.3) is 0 Å². The van der Waals surface area contributed by atoms with Crippen LogP contribution in [0.1, 0.15) is 29.4 Å². The van der Waals surface area contributed by atoms with Crippen molar-refractivity contribution in [2.75, 3.05) is 7.11 Å². The zero-order valence-corrected chi connectivity index (χ0v) is 14.0. The van der Waals surface area contributed by atoms with Crippen LogP contribution in [0.15, 0.2) is 28.9 Å². The van der Waals surface area contributed by atoms with Gasteiger partial charge >= 0.3 is 0 Å². The van der Waals surface area contributed by atoms with Crippen molar-refractivity contribution < 1.29 is 4.74 Å². The molecule has 19 heavy (non-hydrogen) atoms. The maximum absolute atomic E-state index is 5.36. The average Bonchev–Trinajstić information content (AvgIpc) is 2.86. The Balaban J connectivity index is 2.21. The Morgan fingerprint density at radius 3 is 2.89 bits per heavy atom. The Hall–Kier alpha value is -0.880. The molecular weight excluding hydrogens is 374 g/mol. The van der Waals surface area contributed by atoms with Gasteiger partial charge in [-0.1, -0.05) is 44.0 Å². The van der Waals surface area contributed by atoms with E-state index in [0.717, 1.165) is 27.9 Å². The summed E-state index contributed by atoms with van der Waals surface area (Å²) < 4.78 is 8.20.